The number of H-pyrrole nitrogens is 1. The molecule has 9 heteroatoms. The molecule has 0 amide bonds. The van der Waals surface area contributed by atoms with E-state index in [1.54, 1.807) is 0 Å². The van der Waals surface area contributed by atoms with Gasteiger partial charge in [-0.15, -0.1) is 5.10 Å². The lowest BCUT2D eigenvalue weighted by Gasteiger charge is -2.06. The van der Waals surface area contributed by atoms with Crippen LogP contribution in [-0.4, -0.2) is 43.3 Å². The standard InChI is InChI=1S/C10H15N7OS/c1-4-11-7-13-8(18-5-2)15-9(14-7)19-10-12-6(3)16-17-10/h4-5H2,1-3H3,(H,12,16,17)(H,11,13,14,15). The van der Waals surface area contributed by atoms with Gasteiger partial charge in [0, 0.05) is 6.54 Å². The predicted octanol–water partition coefficient (Wildman–Crippen LogP) is 1.28. The summed E-state index contributed by atoms with van der Waals surface area (Å²) in [7, 11) is 0. The van der Waals surface area contributed by atoms with Crippen molar-refractivity contribution in [2.24, 2.45) is 0 Å². The van der Waals surface area contributed by atoms with Crippen molar-refractivity contribution in [2.45, 2.75) is 31.1 Å². The Kier molecular flexibility index (Phi) is 4.50. The van der Waals surface area contributed by atoms with Crippen LogP contribution in [0.15, 0.2) is 10.3 Å². The summed E-state index contributed by atoms with van der Waals surface area (Å²) in [5, 5.41) is 10.9. The lowest BCUT2D eigenvalue weighted by Crippen LogP contribution is -2.07. The van der Waals surface area contributed by atoms with Gasteiger partial charge in [-0.05, 0) is 32.5 Å². The summed E-state index contributed by atoms with van der Waals surface area (Å²) in [5.41, 5.74) is 0. The van der Waals surface area contributed by atoms with Crippen LogP contribution in [0, 0.1) is 6.92 Å². The zero-order valence-electron chi connectivity index (χ0n) is 11.0. The minimum absolute atomic E-state index is 0.295. The Bertz CT molecular complexity index is 520. The molecule has 0 unspecified atom stereocenters. The lowest BCUT2D eigenvalue weighted by atomic mass is 10.7. The number of hydrogen-bond acceptors (Lipinski definition) is 8. The van der Waals surface area contributed by atoms with Crippen LogP contribution < -0.4 is 10.1 Å². The van der Waals surface area contributed by atoms with Crippen LogP contribution >= 0.6 is 11.8 Å². The zero-order valence-corrected chi connectivity index (χ0v) is 11.8. The zero-order chi connectivity index (χ0) is 13.7. The van der Waals surface area contributed by atoms with Gasteiger partial charge in [0.1, 0.15) is 5.82 Å². The first-order valence-electron chi connectivity index (χ1n) is 5.90. The van der Waals surface area contributed by atoms with Gasteiger partial charge < -0.3 is 10.1 Å². The van der Waals surface area contributed by atoms with E-state index >= 15 is 0 Å². The summed E-state index contributed by atoms with van der Waals surface area (Å²) < 4.78 is 5.31. The number of aryl methyl sites for hydroxylation is 1. The molecule has 2 rings (SSSR count). The molecule has 2 N–H and O–H groups in total. The molecule has 0 aromatic carbocycles. The molecule has 2 aromatic heterocycles. The van der Waals surface area contributed by atoms with Crippen molar-refractivity contribution in [1.82, 2.24) is 30.1 Å². The molecule has 8 nitrogen and oxygen atoms in total. The molecule has 0 saturated carbocycles. The summed E-state index contributed by atoms with van der Waals surface area (Å²) in [6.07, 6.45) is 0. The highest BCUT2D eigenvalue weighted by Gasteiger charge is 2.10. The number of nitrogens with one attached hydrogen (secondary N) is 2. The normalized spacial score (nSPS) is 10.5. The topological polar surface area (TPSA) is 102 Å². The number of anilines is 1. The number of aromatic amines is 1. The average Bonchev–Trinajstić information content (AvgIpc) is 2.75. The molecule has 2 aromatic rings. The fraction of sp³-hybridized carbons (Fsp3) is 0.500. The molecule has 0 fully saturated rings. The second-order valence-corrected chi connectivity index (χ2v) is 4.43. The van der Waals surface area contributed by atoms with Crippen LogP contribution in [0.1, 0.15) is 19.7 Å². The summed E-state index contributed by atoms with van der Waals surface area (Å²) in [5.74, 6) is 1.23. The minimum atomic E-state index is 0.295. The predicted molar refractivity (Wildman–Crippen MR) is 70.4 cm³/mol. The minimum Gasteiger partial charge on any atom is -0.464 e. The molecule has 0 aliphatic rings. The van der Waals surface area contributed by atoms with Crippen molar-refractivity contribution < 1.29 is 4.74 Å². The maximum atomic E-state index is 5.31. The van der Waals surface area contributed by atoms with E-state index in [9.17, 15) is 0 Å². The van der Waals surface area contributed by atoms with Crippen molar-refractivity contribution >= 4 is 17.7 Å². The van der Waals surface area contributed by atoms with Gasteiger partial charge in [0.15, 0.2) is 0 Å². The van der Waals surface area contributed by atoms with E-state index in [1.165, 1.54) is 11.8 Å². The van der Waals surface area contributed by atoms with E-state index in [1.807, 2.05) is 20.8 Å². The third-order valence-corrected chi connectivity index (χ3v) is 2.69. The van der Waals surface area contributed by atoms with Crippen LogP contribution in [0.2, 0.25) is 0 Å². The third kappa shape index (κ3) is 3.78. The van der Waals surface area contributed by atoms with Crippen molar-refractivity contribution in [3.8, 4) is 6.01 Å². The highest BCUT2D eigenvalue weighted by molar-refractivity contribution is 7.99. The summed E-state index contributed by atoms with van der Waals surface area (Å²) in [4.78, 5) is 16.8. The SMILES string of the molecule is CCNc1nc(OCC)nc(Sc2n[nH]c(C)n2)n1. The van der Waals surface area contributed by atoms with Gasteiger partial charge in [-0.25, -0.2) is 4.98 Å². The Morgan fingerprint density at radius 3 is 2.63 bits per heavy atom. The molecular formula is C10H15N7OS. The molecular weight excluding hydrogens is 266 g/mol. The van der Waals surface area contributed by atoms with Crippen molar-refractivity contribution in [2.75, 3.05) is 18.5 Å². The first kappa shape index (κ1) is 13.5. The Balaban J connectivity index is 2.22. The number of rotatable bonds is 6. The van der Waals surface area contributed by atoms with Crippen molar-refractivity contribution in [1.29, 1.82) is 0 Å². The largest absolute Gasteiger partial charge is 0.464 e. The van der Waals surface area contributed by atoms with Crippen molar-refractivity contribution in [3.63, 3.8) is 0 Å². The van der Waals surface area contributed by atoms with Crippen LogP contribution in [-0.2, 0) is 0 Å². The second kappa shape index (κ2) is 6.32. The van der Waals surface area contributed by atoms with Gasteiger partial charge in [0.25, 0.3) is 0 Å². The van der Waals surface area contributed by atoms with Gasteiger partial charge >= 0.3 is 6.01 Å². The van der Waals surface area contributed by atoms with Gasteiger partial charge in [0.2, 0.25) is 16.3 Å². The Labute approximate surface area is 114 Å². The lowest BCUT2D eigenvalue weighted by molar-refractivity contribution is 0.308. The molecule has 0 spiro atoms. The van der Waals surface area contributed by atoms with Gasteiger partial charge in [-0.3, -0.25) is 5.10 Å². The number of aromatic nitrogens is 6. The van der Waals surface area contributed by atoms with Gasteiger partial charge in [-0.2, -0.15) is 15.0 Å². The smallest absolute Gasteiger partial charge is 0.322 e. The first-order valence-corrected chi connectivity index (χ1v) is 6.72. The maximum Gasteiger partial charge on any atom is 0.322 e. The maximum absolute atomic E-state index is 5.31. The molecule has 0 bridgehead atoms. The summed E-state index contributed by atoms with van der Waals surface area (Å²) in [6, 6.07) is 0.295. The van der Waals surface area contributed by atoms with Crippen LogP contribution in [0.25, 0.3) is 0 Å². The Hall–Kier alpha value is -1.90. The van der Waals surface area contributed by atoms with E-state index < -0.39 is 0 Å². The van der Waals surface area contributed by atoms with Gasteiger partial charge in [-0.1, -0.05) is 0 Å². The molecule has 0 radical (unpaired) electrons. The first-order chi connectivity index (χ1) is 9.21. The van der Waals surface area contributed by atoms with Crippen molar-refractivity contribution in [3.05, 3.63) is 5.82 Å². The van der Waals surface area contributed by atoms with Gasteiger partial charge in [0.05, 0.1) is 6.61 Å². The molecule has 0 saturated heterocycles. The molecule has 2 heterocycles. The van der Waals surface area contributed by atoms with Crippen LogP contribution in [0.5, 0.6) is 6.01 Å². The Morgan fingerprint density at radius 2 is 2.00 bits per heavy atom. The van der Waals surface area contributed by atoms with Crippen LogP contribution in [0.3, 0.4) is 0 Å². The molecule has 0 atom stereocenters. The van der Waals surface area contributed by atoms with Crippen LogP contribution in [0.4, 0.5) is 5.95 Å². The van der Waals surface area contributed by atoms with E-state index in [0.717, 1.165) is 12.4 Å². The van der Waals surface area contributed by atoms with E-state index in [4.69, 9.17) is 4.74 Å². The average molecular weight is 281 g/mol. The quantitative estimate of drug-likeness (QED) is 0.816. The number of hydrogen-bond donors (Lipinski definition) is 2. The fourth-order valence-corrected chi connectivity index (χ4v) is 1.96. The highest BCUT2D eigenvalue weighted by Crippen LogP contribution is 2.23. The summed E-state index contributed by atoms with van der Waals surface area (Å²) in [6.45, 7) is 6.90. The number of ether oxygens (including phenoxy) is 1. The number of nitrogens with zero attached hydrogens (tertiary/aromatic N) is 5. The monoisotopic (exact) mass is 281 g/mol. The summed E-state index contributed by atoms with van der Waals surface area (Å²) >= 11 is 1.25. The highest BCUT2D eigenvalue weighted by atomic mass is 32.2. The molecule has 19 heavy (non-hydrogen) atoms. The second-order valence-electron chi connectivity index (χ2n) is 3.49. The fourth-order valence-electron chi connectivity index (χ4n) is 1.26. The van der Waals surface area contributed by atoms with E-state index in [-0.39, 0.29) is 0 Å². The molecule has 0 aliphatic heterocycles. The van der Waals surface area contributed by atoms with E-state index in [0.29, 0.717) is 28.9 Å². The molecule has 0 aliphatic carbocycles. The Morgan fingerprint density at radius 1 is 1.16 bits per heavy atom. The molecule has 102 valence electrons. The third-order valence-electron chi connectivity index (χ3n) is 1.96. The van der Waals surface area contributed by atoms with E-state index in [2.05, 4.69) is 35.5 Å².